The fourth-order valence-electron chi connectivity index (χ4n) is 7.77. The number of hydrogen-bond donors (Lipinski definition) is 1. The van der Waals surface area contributed by atoms with E-state index in [0.29, 0.717) is 32.7 Å². The van der Waals surface area contributed by atoms with Crippen LogP contribution in [-0.2, 0) is 16.1 Å². The van der Waals surface area contributed by atoms with Crippen LogP contribution in [0.15, 0.2) is 108 Å². The Morgan fingerprint density at radius 3 is 2.24 bits per heavy atom. The Balaban J connectivity index is 1.15. The molecule has 5 aromatic rings. The summed E-state index contributed by atoms with van der Waals surface area (Å²) in [5.41, 5.74) is 8.89. The highest BCUT2D eigenvalue weighted by Crippen LogP contribution is 2.52. The molecule has 1 amide bonds. The van der Waals surface area contributed by atoms with Gasteiger partial charge >= 0.3 is 5.97 Å². The number of fused-ring (bicyclic) bond motifs is 3. The molecule has 3 aliphatic rings. The molecular formula is C42H37N3O4S2. The number of carbonyl (C=O) groups excluding carboxylic acids is 1. The Bertz CT molecular complexity index is 2310. The molecule has 7 nitrogen and oxygen atoms in total. The molecule has 0 bridgehead atoms. The lowest BCUT2D eigenvalue weighted by Gasteiger charge is -2.27. The molecule has 2 fully saturated rings. The van der Waals surface area contributed by atoms with Crippen LogP contribution in [-0.4, -0.2) is 44.8 Å². The number of hydrogen-bond acceptors (Lipinski definition) is 6. The topological polar surface area (TPSA) is 82.9 Å². The number of thioether (sulfide) groups is 1. The van der Waals surface area contributed by atoms with Gasteiger partial charge in [0, 0.05) is 29.9 Å². The molecule has 1 aromatic heterocycles. The maximum atomic E-state index is 13.6. The smallest absolute Gasteiger partial charge is 0.323 e. The van der Waals surface area contributed by atoms with Crippen LogP contribution in [0, 0.1) is 0 Å². The van der Waals surface area contributed by atoms with Gasteiger partial charge in [0.15, 0.2) is 0 Å². The van der Waals surface area contributed by atoms with Crippen molar-refractivity contribution < 1.29 is 14.7 Å². The number of benzene rings is 4. The van der Waals surface area contributed by atoms with Crippen molar-refractivity contribution >= 4 is 69.1 Å². The number of rotatable bonds is 8. The van der Waals surface area contributed by atoms with Gasteiger partial charge in [-0.25, -0.2) is 0 Å². The molecule has 8 rings (SSSR count). The van der Waals surface area contributed by atoms with Gasteiger partial charge in [0.1, 0.15) is 16.2 Å². The molecule has 1 aliphatic carbocycles. The fraction of sp³-hybridized carbons (Fsp3) is 0.214. The zero-order chi connectivity index (χ0) is 35.1. The quantitative estimate of drug-likeness (QED) is 0.177. The number of thiazole rings is 1. The van der Waals surface area contributed by atoms with E-state index in [1.165, 1.54) is 61.3 Å². The maximum Gasteiger partial charge on any atom is 0.323 e. The van der Waals surface area contributed by atoms with Crippen LogP contribution in [0.3, 0.4) is 0 Å². The molecule has 9 heteroatoms. The molecule has 1 saturated carbocycles. The summed E-state index contributed by atoms with van der Waals surface area (Å²) >= 11 is 2.62. The predicted molar refractivity (Wildman–Crippen MR) is 208 cm³/mol. The zero-order valence-electron chi connectivity index (χ0n) is 28.2. The van der Waals surface area contributed by atoms with Crippen molar-refractivity contribution in [2.75, 3.05) is 17.2 Å². The van der Waals surface area contributed by atoms with Gasteiger partial charge in [-0.3, -0.25) is 19.0 Å². The summed E-state index contributed by atoms with van der Waals surface area (Å²) in [6, 6.07) is 36.7. The first kappa shape index (κ1) is 33.0. The Labute approximate surface area is 304 Å². The Morgan fingerprint density at radius 2 is 1.57 bits per heavy atom. The van der Waals surface area contributed by atoms with Crippen molar-refractivity contribution in [2.24, 2.45) is 0 Å². The molecule has 0 spiro atoms. The van der Waals surface area contributed by atoms with Gasteiger partial charge in [-0.2, -0.15) is 0 Å². The lowest BCUT2D eigenvalue weighted by atomic mass is 9.95. The Hall–Kier alpha value is -5.12. The predicted octanol–water partition coefficient (Wildman–Crippen LogP) is 6.86. The number of carboxylic acid groups (broad SMARTS) is 1. The number of anilines is 2. The molecular weight excluding hydrogens is 675 g/mol. The first-order valence-electron chi connectivity index (χ1n) is 17.4. The van der Waals surface area contributed by atoms with Crippen molar-refractivity contribution in [3.63, 3.8) is 0 Å². The van der Waals surface area contributed by atoms with Crippen LogP contribution in [0.5, 0.6) is 0 Å². The van der Waals surface area contributed by atoms with Gasteiger partial charge < -0.3 is 14.9 Å². The van der Waals surface area contributed by atoms with Crippen LogP contribution >= 0.6 is 23.1 Å². The van der Waals surface area contributed by atoms with E-state index in [9.17, 15) is 19.5 Å². The molecule has 3 heterocycles. The van der Waals surface area contributed by atoms with E-state index < -0.39 is 12.5 Å². The summed E-state index contributed by atoms with van der Waals surface area (Å²) in [6.45, 7) is 1.89. The second kappa shape index (κ2) is 13.9. The highest BCUT2D eigenvalue weighted by atomic mass is 32.2. The third-order valence-corrected chi connectivity index (χ3v) is 12.4. The number of amides is 1. The van der Waals surface area contributed by atoms with E-state index in [-0.39, 0.29) is 17.2 Å². The van der Waals surface area contributed by atoms with E-state index in [1.54, 1.807) is 4.90 Å². The van der Waals surface area contributed by atoms with Crippen LogP contribution in [0.2, 0.25) is 0 Å². The van der Waals surface area contributed by atoms with Gasteiger partial charge in [0.2, 0.25) is 5.91 Å². The average Bonchev–Trinajstić information content (AvgIpc) is 3.92. The molecule has 51 heavy (non-hydrogen) atoms. The molecule has 4 aromatic carbocycles. The second-order valence-corrected chi connectivity index (χ2v) is 15.1. The third-order valence-electron chi connectivity index (χ3n) is 10.1. The first-order chi connectivity index (χ1) is 24.9. The lowest BCUT2D eigenvalue weighted by molar-refractivity contribution is -0.137. The van der Waals surface area contributed by atoms with Crippen LogP contribution in [0.1, 0.15) is 59.9 Å². The van der Waals surface area contributed by atoms with Gasteiger partial charge in [0.05, 0.1) is 10.3 Å². The van der Waals surface area contributed by atoms with E-state index >= 15 is 0 Å². The standard InChI is InChI=1S/C42H37N3O4S2/c1-2-43-38(46)26-50-41(43)42-44(25-39(47)48)40(49)37(51-42)24-28-18-21-36-34(23-28)32-14-9-15-35(32)45(36)31-19-16-27(17-20-31)22-33(29-10-5-3-6-11-29)30-12-7-4-8-13-30/h3-8,10-13,16-24,32,35H,2,9,14-15,25-26H2,1H3,(H,47,48)/b37-24+,42-41-. The number of carbonyl (C=O) groups is 2. The van der Waals surface area contributed by atoms with E-state index in [0.717, 1.165) is 30.4 Å². The molecule has 1 N–H and O–H groups in total. The highest BCUT2D eigenvalue weighted by Gasteiger charge is 2.42. The molecule has 2 atom stereocenters. The average molecular weight is 712 g/mol. The van der Waals surface area contributed by atoms with Gasteiger partial charge in [-0.1, -0.05) is 97.0 Å². The van der Waals surface area contributed by atoms with Crippen molar-refractivity contribution in [1.29, 1.82) is 0 Å². The minimum Gasteiger partial charge on any atom is -0.480 e. The number of nitrogens with zero attached hydrogens (tertiary/aromatic N) is 3. The van der Waals surface area contributed by atoms with E-state index in [2.05, 4.69) is 102 Å². The SMILES string of the molecule is CCN1C(=O)CS/C1=c1\s/c(=C/c2ccc3c(c2)C2CCCC2N3c2ccc(C=C(c3ccccc3)c3ccccc3)cc2)c(=O)n1CC(=O)O. The van der Waals surface area contributed by atoms with E-state index in [1.807, 2.05) is 25.1 Å². The molecule has 2 unspecified atom stereocenters. The monoisotopic (exact) mass is 711 g/mol. The zero-order valence-corrected chi connectivity index (χ0v) is 29.8. The van der Waals surface area contributed by atoms with Gasteiger partial charge in [-0.15, -0.1) is 11.3 Å². The largest absolute Gasteiger partial charge is 0.480 e. The summed E-state index contributed by atoms with van der Waals surface area (Å²) in [7, 11) is 0. The van der Waals surface area contributed by atoms with Gasteiger partial charge in [0.25, 0.3) is 5.56 Å². The number of aromatic nitrogens is 1. The normalized spacial score (nSPS) is 19.4. The Kier molecular flexibility index (Phi) is 9.00. The number of aliphatic carboxylic acids is 1. The van der Waals surface area contributed by atoms with Crippen molar-refractivity contribution in [3.8, 4) is 0 Å². The summed E-state index contributed by atoms with van der Waals surface area (Å²) < 4.78 is 2.28. The minimum atomic E-state index is -1.09. The minimum absolute atomic E-state index is 0.0322. The Morgan fingerprint density at radius 1 is 0.882 bits per heavy atom. The second-order valence-electron chi connectivity index (χ2n) is 13.1. The molecule has 256 valence electrons. The number of carboxylic acids is 1. The summed E-state index contributed by atoms with van der Waals surface area (Å²) in [6.07, 6.45) is 7.52. The molecule has 2 aliphatic heterocycles. The molecule has 1 saturated heterocycles. The maximum absolute atomic E-state index is 13.6. The van der Waals surface area contributed by atoms with Crippen LogP contribution in [0.4, 0.5) is 11.4 Å². The van der Waals surface area contributed by atoms with E-state index in [4.69, 9.17) is 0 Å². The van der Waals surface area contributed by atoms with Crippen molar-refractivity contribution in [2.45, 2.75) is 44.7 Å². The summed E-state index contributed by atoms with van der Waals surface area (Å²) in [4.78, 5) is 42.0. The first-order valence-corrected chi connectivity index (χ1v) is 19.2. The lowest BCUT2D eigenvalue weighted by Crippen LogP contribution is -2.36. The van der Waals surface area contributed by atoms with Crippen molar-refractivity contribution in [3.05, 3.63) is 150 Å². The van der Waals surface area contributed by atoms with Crippen molar-refractivity contribution in [1.82, 2.24) is 9.47 Å². The van der Waals surface area contributed by atoms with Crippen LogP contribution < -0.4 is 19.7 Å². The summed E-state index contributed by atoms with van der Waals surface area (Å²) in [5, 5.41) is 10.3. The highest BCUT2D eigenvalue weighted by molar-refractivity contribution is 8.09. The summed E-state index contributed by atoms with van der Waals surface area (Å²) in [5.74, 6) is -0.446. The molecule has 0 radical (unpaired) electrons. The van der Waals surface area contributed by atoms with Crippen LogP contribution in [0.25, 0.3) is 22.8 Å². The third kappa shape index (κ3) is 6.25. The van der Waals surface area contributed by atoms with Gasteiger partial charge in [-0.05, 0) is 89.6 Å². The fourth-order valence-corrected chi connectivity index (χ4v) is 10.2.